The predicted octanol–water partition coefficient (Wildman–Crippen LogP) is 3.32. The summed E-state index contributed by atoms with van der Waals surface area (Å²) < 4.78 is 0. The molecule has 96 valence electrons. The minimum atomic E-state index is 0.135. The van der Waals surface area contributed by atoms with Crippen LogP contribution in [0.4, 0.5) is 0 Å². The number of benzene rings is 1. The minimum Gasteiger partial charge on any atom is -0.395 e. The van der Waals surface area contributed by atoms with E-state index in [-0.39, 0.29) is 5.12 Å². The largest absolute Gasteiger partial charge is 0.395 e. The van der Waals surface area contributed by atoms with Crippen molar-refractivity contribution in [3.8, 4) is 0 Å². The lowest BCUT2D eigenvalue weighted by molar-refractivity contribution is 0.108. The lowest BCUT2D eigenvalue weighted by atomic mass is 9.93. The highest BCUT2D eigenvalue weighted by Crippen LogP contribution is 2.25. The monoisotopic (exact) mass is 263 g/mol. The molecule has 0 spiro atoms. The first kappa shape index (κ1) is 13.1. The van der Waals surface area contributed by atoms with Crippen molar-refractivity contribution < 1.29 is 9.63 Å². The Morgan fingerprint density at radius 2 is 2.22 bits per heavy atom. The van der Waals surface area contributed by atoms with Crippen LogP contribution in [-0.4, -0.2) is 23.2 Å². The van der Waals surface area contributed by atoms with Crippen molar-refractivity contribution in [2.75, 3.05) is 12.4 Å². The fourth-order valence-corrected chi connectivity index (χ4v) is 2.84. The van der Waals surface area contributed by atoms with Crippen molar-refractivity contribution in [1.82, 2.24) is 0 Å². The third-order valence-electron chi connectivity index (χ3n) is 3.06. The molecule has 0 radical (unpaired) electrons. The number of hydrogen-bond donors (Lipinski definition) is 0. The molecule has 1 heterocycles. The van der Waals surface area contributed by atoms with Crippen LogP contribution in [0.15, 0.2) is 17.3 Å². The maximum Gasteiger partial charge on any atom is 0.219 e. The van der Waals surface area contributed by atoms with E-state index in [1.54, 1.807) is 0 Å². The number of rotatable bonds is 3. The van der Waals surface area contributed by atoms with E-state index in [0.29, 0.717) is 6.61 Å². The van der Waals surface area contributed by atoms with Crippen LogP contribution in [0.5, 0.6) is 0 Å². The highest BCUT2D eigenvalue weighted by Gasteiger charge is 2.19. The third kappa shape index (κ3) is 2.43. The summed E-state index contributed by atoms with van der Waals surface area (Å²) in [6.07, 6.45) is 0.820. The molecular weight excluding hydrogens is 246 g/mol. The molecule has 0 atom stereocenters. The zero-order chi connectivity index (χ0) is 13.1. The molecule has 1 aromatic carbocycles. The van der Waals surface area contributed by atoms with Crippen LogP contribution in [0.25, 0.3) is 0 Å². The summed E-state index contributed by atoms with van der Waals surface area (Å²) in [4.78, 5) is 17.1. The topological polar surface area (TPSA) is 38.7 Å². The van der Waals surface area contributed by atoms with Gasteiger partial charge in [0, 0.05) is 17.5 Å². The molecule has 0 fully saturated rings. The molecule has 0 aliphatic carbocycles. The number of carbonyl (C=O) groups excluding carboxylic acids is 1. The zero-order valence-corrected chi connectivity index (χ0v) is 11.8. The Balaban J connectivity index is 2.46. The Hall–Kier alpha value is -1.29. The second-order valence-corrected chi connectivity index (χ2v) is 5.51. The van der Waals surface area contributed by atoms with Gasteiger partial charge in [0.25, 0.3) is 0 Å². The predicted molar refractivity (Wildman–Crippen MR) is 75.5 cm³/mol. The van der Waals surface area contributed by atoms with Crippen LogP contribution in [0, 0.1) is 13.8 Å². The summed E-state index contributed by atoms with van der Waals surface area (Å²) in [6, 6.07) is 3.90. The molecule has 0 saturated heterocycles. The Kier molecular flexibility index (Phi) is 4.07. The molecule has 0 aromatic heterocycles. The maximum atomic E-state index is 12.0. The van der Waals surface area contributed by atoms with E-state index in [0.717, 1.165) is 40.1 Å². The van der Waals surface area contributed by atoms with Gasteiger partial charge in [0.2, 0.25) is 5.12 Å². The zero-order valence-electron chi connectivity index (χ0n) is 10.9. The lowest BCUT2D eigenvalue weighted by Crippen LogP contribution is -2.08. The van der Waals surface area contributed by atoms with Gasteiger partial charge >= 0.3 is 0 Å². The lowest BCUT2D eigenvalue weighted by Gasteiger charge is -2.12. The highest BCUT2D eigenvalue weighted by atomic mass is 32.2. The van der Waals surface area contributed by atoms with Crippen LogP contribution < -0.4 is 0 Å². The van der Waals surface area contributed by atoms with Crippen molar-refractivity contribution in [3.05, 3.63) is 34.4 Å². The molecule has 1 aliphatic rings. The van der Waals surface area contributed by atoms with Gasteiger partial charge < -0.3 is 4.84 Å². The number of oxime groups is 1. The van der Waals surface area contributed by atoms with E-state index in [9.17, 15) is 4.79 Å². The summed E-state index contributed by atoms with van der Waals surface area (Å²) in [6.45, 7) is 6.66. The van der Waals surface area contributed by atoms with Gasteiger partial charge in [0.15, 0.2) is 0 Å². The smallest absolute Gasteiger partial charge is 0.219 e. The van der Waals surface area contributed by atoms with Crippen LogP contribution in [0.3, 0.4) is 0 Å². The standard InChI is InChI=1S/C14H17NO2S/c1-4-18-14(16)11-6-5-9(2)13(10(11)3)12-7-8-17-15-12/h5-6H,4,7-8H2,1-3H3. The SMILES string of the molecule is CCSC(=O)c1ccc(C)c(C2=NOCC2)c1C. The third-order valence-corrected chi connectivity index (χ3v) is 3.83. The average molecular weight is 263 g/mol. The van der Waals surface area contributed by atoms with Crippen LogP contribution in [0.2, 0.25) is 0 Å². The first-order valence-electron chi connectivity index (χ1n) is 6.11. The van der Waals surface area contributed by atoms with Gasteiger partial charge in [-0.3, -0.25) is 4.79 Å². The quantitative estimate of drug-likeness (QED) is 0.839. The second kappa shape index (κ2) is 5.57. The molecule has 4 heteroatoms. The Bertz CT molecular complexity index is 509. The average Bonchev–Trinajstić information content (AvgIpc) is 2.83. The van der Waals surface area contributed by atoms with E-state index in [2.05, 4.69) is 5.16 Å². The minimum absolute atomic E-state index is 0.135. The molecule has 0 bridgehead atoms. The van der Waals surface area contributed by atoms with Crippen molar-refractivity contribution in [2.24, 2.45) is 5.16 Å². The van der Waals surface area contributed by atoms with Crippen LogP contribution >= 0.6 is 11.8 Å². The van der Waals surface area contributed by atoms with Gasteiger partial charge in [-0.05, 0) is 36.8 Å². The number of aryl methyl sites for hydroxylation is 1. The maximum absolute atomic E-state index is 12.0. The number of nitrogens with zero attached hydrogens (tertiary/aromatic N) is 1. The molecule has 0 saturated carbocycles. The first-order chi connectivity index (χ1) is 8.65. The highest BCUT2D eigenvalue weighted by molar-refractivity contribution is 8.14. The number of carbonyl (C=O) groups is 1. The number of thioether (sulfide) groups is 1. The second-order valence-electron chi connectivity index (χ2n) is 4.27. The molecule has 1 aliphatic heterocycles. The van der Waals surface area contributed by atoms with Crippen molar-refractivity contribution in [3.63, 3.8) is 0 Å². The van der Waals surface area contributed by atoms with Gasteiger partial charge in [0.1, 0.15) is 6.61 Å². The Labute approximate surface area is 112 Å². The Morgan fingerprint density at radius 1 is 1.44 bits per heavy atom. The van der Waals surface area contributed by atoms with Gasteiger partial charge in [-0.2, -0.15) is 0 Å². The van der Waals surface area contributed by atoms with Crippen LogP contribution in [-0.2, 0) is 4.84 Å². The number of hydrogen-bond acceptors (Lipinski definition) is 4. The van der Waals surface area contributed by atoms with E-state index in [1.807, 2.05) is 32.9 Å². The fraction of sp³-hybridized carbons (Fsp3) is 0.429. The van der Waals surface area contributed by atoms with E-state index >= 15 is 0 Å². The molecule has 0 unspecified atom stereocenters. The van der Waals surface area contributed by atoms with Gasteiger partial charge in [-0.1, -0.05) is 29.9 Å². The van der Waals surface area contributed by atoms with Crippen molar-refractivity contribution in [1.29, 1.82) is 0 Å². The van der Waals surface area contributed by atoms with Crippen molar-refractivity contribution in [2.45, 2.75) is 27.2 Å². The van der Waals surface area contributed by atoms with Crippen LogP contribution in [0.1, 0.15) is 40.4 Å². The van der Waals surface area contributed by atoms with Gasteiger partial charge in [-0.15, -0.1) is 0 Å². The van der Waals surface area contributed by atoms with Crippen molar-refractivity contribution >= 4 is 22.6 Å². The first-order valence-corrected chi connectivity index (χ1v) is 7.10. The summed E-state index contributed by atoms with van der Waals surface area (Å²) in [7, 11) is 0. The normalized spacial score (nSPS) is 14.3. The summed E-state index contributed by atoms with van der Waals surface area (Å²) >= 11 is 1.35. The molecule has 0 N–H and O–H groups in total. The van der Waals surface area contributed by atoms with Gasteiger partial charge in [0.05, 0.1) is 5.71 Å². The Morgan fingerprint density at radius 3 is 2.83 bits per heavy atom. The van der Waals surface area contributed by atoms with E-state index in [1.165, 1.54) is 11.8 Å². The molecule has 2 rings (SSSR count). The summed E-state index contributed by atoms with van der Waals surface area (Å²) in [5.41, 5.74) is 4.99. The molecule has 18 heavy (non-hydrogen) atoms. The molecule has 1 aromatic rings. The van der Waals surface area contributed by atoms with E-state index < -0.39 is 0 Å². The summed E-state index contributed by atoms with van der Waals surface area (Å²) in [5.74, 6) is 0.797. The summed E-state index contributed by atoms with van der Waals surface area (Å²) in [5, 5.41) is 4.21. The van der Waals surface area contributed by atoms with E-state index in [4.69, 9.17) is 4.84 Å². The molecule has 0 amide bonds. The fourth-order valence-electron chi connectivity index (χ4n) is 2.20. The molecule has 3 nitrogen and oxygen atoms in total. The van der Waals surface area contributed by atoms with Gasteiger partial charge in [-0.25, -0.2) is 0 Å². The molecular formula is C14H17NO2S.